The molecule has 0 bridgehead atoms. The molecule has 0 aromatic carbocycles. The number of ether oxygens (including phenoxy) is 2. The van der Waals surface area contributed by atoms with E-state index in [0.29, 0.717) is 64.7 Å². The molecule has 1 aromatic heterocycles. The molecule has 0 saturated carbocycles. The summed E-state index contributed by atoms with van der Waals surface area (Å²) >= 11 is 0. The summed E-state index contributed by atoms with van der Waals surface area (Å²) < 4.78 is 35.5. The molecule has 1 aliphatic heterocycles. The van der Waals surface area contributed by atoms with Crippen molar-refractivity contribution in [2.24, 2.45) is 0 Å². The van der Waals surface area contributed by atoms with Gasteiger partial charge in [0.25, 0.3) is 0 Å². The number of carbonyl (C=O) groups excluding carboxylic acids is 1. The van der Waals surface area contributed by atoms with E-state index in [1.54, 1.807) is 11.6 Å². The largest absolute Gasteiger partial charge is 0.377 e. The van der Waals surface area contributed by atoms with Gasteiger partial charge in [0, 0.05) is 37.9 Å². The topological polar surface area (TPSA) is 116 Å². The number of nitrogens with zero attached hydrogens (tertiary/aromatic N) is 4. The smallest absolute Gasteiger partial charge is 0.246 e. The minimum absolute atomic E-state index is 0.169. The molecular formula is C17H29N5O5S. The Morgan fingerprint density at radius 2 is 1.89 bits per heavy atom. The molecule has 10 nitrogen and oxygen atoms in total. The van der Waals surface area contributed by atoms with E-state index in [1.165, 1.54) is 0 Å². The van der Waals surface area contributed by atoms with Crippen molar-refractivity contribution in [3.05, 3.63) is 24.0 Å². The van der Waals surface area contributed by atoms with Gasteiger partial charge in [0.1, 0.15) is 0 Å². The van der Waals surface area contributed by atoms with Gasteiger partial charge < -0.3 is 14.8 Å². The molecule has 1 aliphatic rings. The fourth-order valence-corrected chi connectivity index (χ4v) is 3.80. The molecule has 0 unspecified atom stereocenters. The molecule has 2 heterocycles. The SMILES string of the molecule is C=C(C)C(=O)NCCOCCOCCn1cc(CN2CCS(=O)(=O)CC2)nn1. The van der Waals surface area contributed by atoms with Crippen molar-refractivity contribution in [2.75, 3.05) is 57.6 Å². The highest BCUT2D eigenvalue weighted by Crippen LogP contribution is 2.07. The summed E-state index contributed by atoms with van der Waals surface area (Å²) in [5.74, 6) is 0.242. The number of nitrogens with one attached hydrogen (secondary N) is 1. The van der Waals surface area contributed by atoms with Crippen LogP contribution in [0, 0.1) is 0 Å². The van der Waals surface area contributed by atoms with Gasteiger partial charge in [-0.25, -0.2) is 13.1 Å². The minimum Gasteiger partial charge on any atom is -0.377 e. The van der Waals surface area contributed by atoms with E-state index in [-0.39, 0.29) is 17.4 Å². The van der Waals surface area contributed by atoms with Crippen LogP contribution in [0.3, 0.4) is 0 Å². The van der Waals surface area contributed by atoms with Crippen LogP contribution in [-0.2, 0) is 37.2 Å². The van der Waals surface area contributed by atoms with E-state index in [4.69, 9.17) is 9.47 Å². The highest BCUT2D eigenvalue weighted by molar-refractivity contribution is 7.91. The van der Waals surface area contributed by atoms with Crippen LogP contribution < -0.4 is 5.32 Å². The Morgan fingerprint density at radius 3 is 2.57 bits per heavy atom. The Kier molecular flexibility index (Phi) is 9.03. The lowest BCUT2D eigenvalue weighted by molar-refractivity contribution is -0.117. The molecule has 0 aliphatic carbocycles. The molecule has 0 radical (unpaired) electrons. The van der Waals surface area contributed by atoms with Crippen molar-refractivity contribution in [1.82, 2.24) is 25.2 Å². The maximum atomic E-state index is 11.4. The number of sulfone groups is 1. The summed E-state index contributed by atoms with van der Waals surface area (Å²) in [5, 5.41) is 10.9. The predicted molar refractivity (Wildman–Crippen MR) is 103 cm³/mol. The van der Waals surface area contributed by atoms with Crippen LogP contribution in [0.5, 0.6) is 0 Å². The number of amides is 1. The van der Waals surface area contributed by atoms with Crippen LogP contribution in [0.1, 0.15) is 12.6 Å². The van der Waals surface area contributed by atoms with E-state index in [2.05, 4.69) is 27.1 Å². The maximum Gasteiger partial charge on any atom is 0.246 e. The van der Waals surface area contributed by atoms with Gasteiger partial charge in [-0.15, -0.1) is 5.10 Å². The van der Waals surface area contributed by atoms with Gasteiger partial charge in [-0.05, 0) is 6.92 Å². The average Bonchev–Trinajstić information content (AvgIpc) is 3.09. The molecule has 1 amide bonds. The molecule has 1 fully saturated rings. The van der Waals surface area contributed by atoms with Crippen LogP contribution in [0.15, 0.2) is 18.3 Å². The first-order valence-electron chi connectivity index (χ1n) is 9.27. The van der Waals surface area contributed by atoms with Gasteiger partial charge in [0.2, 0.25) is 5.91 Å². The summed E-state index contributed by atoms with van der Waals surface area (Å²) in [7, 11) is -2.87. The highest BCUT2D eigenvalue weighted by Gasteiger charge is 2.22. The second-order valence-electron chi connectivity index (χ2n) is 6.66. The van der Waals surface area contributed by atoms with Gasteiger partial charge in [0.05, 0.1) is 50.2 Å². The zero-order valence-corrected chi connectivity index (χ0v) is 17.1. The van der Waals surface area contributed by atoms with Crippen molar-refractivity contribution in [3.8, 4) is 0 Å². The highest BCUT2D eigenvalue weighted by atomic mass is 32.2. The van der Waals surface area contributed by atoms with E-state index < -0.39 is 9.84 Å². The molecule has 11 heteroatoms. The number of carbonyl (C=O) groups is 1. The molecule has 1 saturated heterocycles. The lowest BCUT2D eigenvalue weighted by atomic mass is 10.3. The fraction of sp³-hybridized carbons (Fsp3) is 0.706. The fourth-order valence-electron chi connectivity index (χ4n) is 2.53. The third-order valence-electron chi connectivity index (χ3n) is 4.17. The van der Waals surface area contributed by atoms with Crippen molar-refractivity contribution in [1.29, 1.82) is 0 Å². The second-order valence-corrected chi connectivity index (χ2v) is 8.97. The molecule has 1 N–H and O–H groups in total. The molecule has 0 atom stereocenters. The van der Waals surface area contributed by atoms with Crippen LogP contribution in [0.4, 0.5) is 0 Å². The van der Waals surface area contributed by atoms with Crippen molar-refractivity contribution < 1.29 is 22.7 Å². The van der Waals surface area contributed by atoms with Crippen LogP contribution in [0.2, 0.25) is 0 Å². The number of hydrogen-bond acceptors (Lipinski definition) is 8. The molecule has 0 spiro atoms. The normalized spacial score (nSPS) is 16.8. The summed E-state index contributed by atoms with van der Waals surface area (Å²) in [6, 6.07) is 0. The first kappa shape index (κ1) is 22.5. The lowest BCUT2D eigenvalue weighted by Gasteiger charge is -2.25. The van der Waals surface area contributed by atoms with Gasteiger partial charge in [0.15, 0.2) is 9.84 Å². The second kappa shape index (κ2) is 11.2. The Hall–Kier alpha value is -1.82. The number of aromatic nitrogens is 3. The third kappa shape index (κ3) is 8.46. The first-order chi connectivity index (χ1) is 13.4. The molecular weight excluding hydrogens is 386 g/mol. The van der Waals surface area contributed by atoms with Gasteiger partial charge in [-0.1, -0.05) is 11.8 Å². The summed E-state index contributed by atoms with van der Waals surface area (Å²) in [6.07, 6.45) is 1.85. The Balaban J connectivity index is 1.50. The zero-order chi connectivity index (χ0) is 20.4. The van der Waals surface area contributed by atoms with Gasteiger partial charge in [-0.2, -0.15) is 0 Å². The van der Waals surface area contributed by atoms with Crippen molar-refractivity contribution in [2.45, 2.75) is 20.0 Å². The predicted octanol–water partition coefficient (Wildman–Crippen LogP) is -0.766. The zero-order valence-electron chi connectivity index (χ0n) is 16.3. The van der Waals surface area contributed by atoms with Crippen LogP contribution in [-0.4, -0.2) is 91.8 Å². The van der Waals surface area contributed by atoms with Crippen molar-refractivity contribution >= 4 is 15.7 Å². The van der Waals surface area contributed by atoms with Crippen LogP contribution >= 0.6 is 0 Å². The summed E-state index contributed by atoms with van der Waals surface area (Å²) in [5.41, 5.74) is 1.29. The van der Waals surface area contributed by atoms with Crippen molar-refractivity contribution in [3.63, 3.8) is 0 Å². The summed E-state index contributed by atoms with van der Waals surface area (Å²) in [6.45, 7) is 9.72. The van der Waals surface area contributed by atoms with E-state index >= 15 is 0 Å². The van der Waals surface area contributed by atoms with E-state index in [0.717, 1.165) is 5.69 Å². The monoisotopic (exact) mass is 415 g/mol. The van der Waals surface area contributed by atoms with E-state index in [1.807, 2.05) is 6.20 Å². The maximum absolute atomic E-state index is 11.4. The average molecular weight is 416 g/mol. The molecule has 158 valence electrons. The Labute approximate surface area is 165 Å². The standard InChI is InChI=1S/C17H29N5O5S/c1-15(2)17(23)18-3-7-26-9-10-27-8-4-22-14-16(19-20-22)13-21-5-11-28(24,25)12-6-21/h14H,1,3-13H2,2H3,(H,18,23). The lowest BCUT2D eigenvalue weighted by Crippen LogP contribution is -2.39. The Morgan fingerprint density at radius 1 is 1.21 bits per heavy atom. The Bertz CT molecular complexity index is 735. The molecule has 1 aromatic rings. The quantitative estimate of drug-likeness (QED) is 0.350. The summed E-state index contributed by atoms with van der Waals surface area (Å²) in [4.78, 5) is 13.3. The van der Waals surface area contributed by atoms with E-state index in [9.17, 15) is 13.2 Å². The first-order valence-corrected chi connectivity index (χ1v) is 11.1. The molecule has 2 rings (SSSR count). The number of rotatable bonds is 12. The van der Waals surface area contributed by atoms with Gasteiger partial charge in [-0.3, -0.25) is 9.69 Å². The number of hydrogen-bond donors (Lipinski definition) is 1. The minimum atomic E-state index is -2.87. The van der Waals surface area contributed by atoms with Crippen LogP contribution in [0.25, 0.3) is 0 Å². The van der Waals surface area contributed by atoms with Gasteiger partial charge >= 0.3 is 0 Å². The third-order valence-corrected chi connectivity index (χ3v) is 5.77. The molecule has 28 heavy (non-hydrogen) atoms.